The number of aromatic nitrogens is 1. The topological polar surface area (TPSA) is 34.2 Å². The molecule has 1 aliphatic rings. The second-order valence-corrected chi connectivity index (χ2v) is 4.57. The number of hydrogen-bond acceptors (Lipinski definition) is 4. The third-order valence-electron chi connectivity index (χ3n) is 2.53. The molecule has 0 aromatic carbocycles. The molecule has 1 fully saturated rings. The van der Waals surface area contributed by atoms with Crippen LogP contribution >= 0.6 is 11.3 Å². The molecule has 1 aromatic heterocycles. The van der Waals surface area contributed by atoms with Gasteiger partial charge in [-0.15, -0.1) is 11.3 Å². The van der Waals surface area contributed by atoms with Crippen LogP contribution in [-0.2, 0) is 11.3 Å². The summed E-state index contributed by atoms with van der Waals surface area (Å²) in [6.45, 7) is 4.89. The van der Waals surface area contributed by atoms with Crippen molar-refractivity contribution in [1.29, 1.82) is 0 Å². The summed E-state index contributed by atoms with van der Waals surface area (Å²) in [7, 11) is 0. The van der Waals surface area contributed by atoms with Gasteiger partial charge in [0.05, 0.1) is 17.3 Å². The molecule has 3 nitrogen and oxygen atoms in total. The Morgan fingerprint density at radius 1 is 1.71 bits per heavy atom. The molecule has 78 valence electrons. The summed E-state index contributed by atoms with van der Waals surface area (Å²) in [5.74, 6) is 0. The van der Waals surface area contributed by atoms with Crippen LogP contribution in [0.2, 0.25) is 0 Å². The van der Waals surface area contributed by atoms with E-state index in [-0.39, 0.29) is 0 Å². The molecule has 1 atom stereocenters. The van der Waals surface area contributed by atoms with E-state index < -0.39 is 0 Å². The lowest BCUT2D eigenvalue weighted by Gasteiger charge is -2.09. The Labute approximate surface area is 88.5 Å². The first-order valence-electron chi connectivity index (χ1n) is 5.07. The van der Waals surface area contributed by atoms with Gasteiger partial charge >= 0.3 is 0 Å². The minimum atomic E-state index is 0.434. The number of hydrogen-bond donors (Lipinski definition) is 1. The van der Waals surface area contributed by atoms with E-state index in [0.717, 1.165) is 25.4 Å². The van der Waals surface area contributed by atoms with Crippen molar-refractivity contribution in [2.45, 2.75) is 32.4 Å². The van der Waals surface area contributed by atoms with Crippen LogP contribution in [-0.4, -0.2) is 24.2 Å². The SMILES string of the molecule is Cc1ncsc1CNCC1CCCO1. The van der Waals surface area contributed by atoms with Crippen LogP contribution in [0.25, 0.3) is 0 Å². The van der Waals surface area contributed by atoms with Crippen molar-refractivity contribution in [1.82, 2.24) is 10.3 Å². The average molecular weight is 212 g/mol. The van der Waals surface area contributed by atoms with Crippen molar-refractivity contribution < 1.29 is 4.74 Å². The van der Waals surface area contributed by atoms with Gasteiger partial charge in [-0.3, -0.25) is 0 Å². The highest BCUT2D eigenvalue weighted by molar-refractivity contribution is 7.09. The van der Waals surface area contributed by atoms with Gasteiger partial charge in [0.2, 0.25) is 0 Å². The molecule has 1 saturated heterocycles. The molecule has 0 bridgehead atoms. The summed E-state index contributed by atoms with van der Waals surface area (Å²) in [5.41, 5.74) is 3.05. The molecule has 0 amide bonds. The lowest BCUT2D eigenvalue weighted by atomic mass is 10.2. The minimum absolute atomic E-state index is 0.434. The third-order valence-corrected chi connectivity index (χ3v) is 3.46. The highest BCUT2D eigenvalue weighted by atomic mass is 32.1. The summed E-state index contributed by atoms with van der Waals surface area (Å²) in [6.07, 6.45) is 2.85. The van der Waals surface area contributed by atoms with E-state index in [2.05, 4.69) is 17.2 Å². The van der Waals surface area contributed by atoms with E-state index >= 15 is 0 Å². The van der Waals surface area contributed by atoms with Gasteiger partial charge in [-0.25, -0.2) is 4.98 Å². The van der Waals surface area contributed by atoms with E-state index in [1.807, 2.05) is 5.51 Å². The molecule has 2 heterocycles. The van der Waals surface area contributed by atoms with Crippen LogP contribution < -0.4 is 5.32 Å². The largest absolute Gasteiger partial charge is 0.377 e. The maximum absolute atomic E-state index is 5.53. The Kier molecular flexibility index (Phi) is 3.50. The van der Waals surface area contributed by atoms with Crippen LogP contribution in [0, 0.1) is 6.92 Å². The predicted octanol–water partition coefficient (Wildman–Crippen LogP) is 1.72. The quantitative estimate of drug-likeness (QED) is 0.825. The van der Waals surface area contributed by atoms with Gasteiger partial charge in [-0.1, -0.05) is 0 Å². The Morgan fingerprint density at radius 2 is 2.64 bits per heavy atom. The highest BCUT2D eigenvalue weighted by Crippen LogP contribution is 2.13. The molecular weight excluding hydrogens is 196 g/mol. The monoisotopic (exact) mass is 212 g/mol. The van der Waals surface area contributed by atoms with E-state index in [1.54, 1.807) is 11.3 Å². The summed E-state index contributed by atoms with van der Waals surface area (Å²) in [6, 6.07) is 0. The number of aryl methyl sites for hydroxylation is 1. The second kappa shape index (κ2) is 4.87. The Morgan fingerprint density at radius 3 is 3.29 bits per heavy atom. The molecule has 4 heteroatoms. The zero-order chi connectivity index (χ0) is 9.80. The van der Waals surface area contributed by atoms with Crippen molar-refractivity contribution in [3.63, 3.8) is 0 Å². The first-order valence-corrected chi connectivity index (χ1v) is 5.95. The Bertz CT molecular complexity index is 281. The lowest BCUT2D eigenvalue weighted by Crippen LogP contribution is -2.25. The number of nitrogens with one attached hydrogen (secondary N) is 1. The molecule has 0 radical (unpaired) electrons. The summed E-state index contributed by atoms with van der Waals surface area (Å²) < 4.78 is 5.53. The number of ether oxygens (including phenoxy) is 1. The van der Waals surface area contributed by atoms with Crippen LogP contribution in [0.5, 0.6) is 0 Å². The Balaban J connectivity index is 1.70. The Hall–Kier alpha value is -0.450. The van der Waals surface area contributed by atoms with E-state index in [4.69, 9.17) is 4.74 Å². The van der Waals surface area contributed by atoms with Gasteiger partial charge in [0, 0.05) is 24.6 Å². The molecule has 0 aliphatic carbocycles. The van der Waals surface area contributed by atoms with Gasteiger partial charge in [0.15, 0.2) is 0 Å². The summed E-state index contributed by atoms with van der Waals surface area (Å²) in [5, 5.41) is 3.42. The molecular formula is C10H16N2OS. The third kappa shape index (κ3) is 2.53. The van der Waals surface area contributed by atoms with Gasteiger partial charge in [0.25, 0.3) is 0 Å². The van der Waals surface area contributed by atoms with Crippen LogP contribution in [0.4, 0.5) is 0 Å². The van der Waals surface area contributed by atoms with E-state index in [9.17, 15) is 0 Å². The molecule has 2 rings (SSSR count). The van der Waals surface area contributed by atoms with Crippen molar-refractivity contribution >= 4 is 11.3 Å². The van der Waals surface area contributed by atoms with Crippen LogP contribution in [0.3, 0.4) is 0 Å². The highest BCUT2D eigenvalue weighted by Gasteiger charge is 2.14. The van der Waals surface area contributed by atoms with Crippen molar-refractivity contribution in [3.8, 4) is 0 Å². The zero-order valence-corrected chi connectivity index (χ0v) is 9.27. The van der Waals surface area contributed by atoms with Crippen LogP contribution in [0.1, 0.15) is 23.4 Å². The molecule has 1 unspecified atom stereocenters. The lowest BCUT2D eigenvalue weighted by molar-refractivity contribution is 0.110. The normalized spacial score (nSPS) is 21.6. The minimum Gasteiger partial charge on any atom is -0.377 e. The van der Waals surface area contributed by atoms with Gasteiger partial charge in [0.1, 0.15) is 0 Å². The zero-order valence-electron chi connectivity index (χ0n) is 8.45. The molecule has 0 saturated carbocycles. The smallest absolute Gasteiger partial charge is 0.0798 e. The van der Waals surface area contributed by atoms with Gasteiger partial charge in [-0.05, 0) is 19.8 Å². The summed E-state index contributed by atoms with van der Waals surface area (Å²) >= 11 is 1.72. The fraction of sp³-hybridized carbons (Fsp3) is 0.700. The van der Waals surface area contributed by atoms with Crippen molar-refractivity contribution in [2.75, 3.05) is 13.2 Å². The maximum atomic E-state index is 5.53. The average Bonchev–Trinajstić information content (AvgIpc) is 2.78. The fourth-order valence-corrected chi connectivity index (χ4v) is 2.39. The predicted molar refractivity (Wildman–Crippen MR) is 57.5 cm³/mol. The van der Waals surface area contributed by atoms with E-state index in [0.29, 0.717) is 6.10 Å². The molecule has 1 N–H and O–H groups in total. The molecule has 0 spiro atoms. The maximum Gasteiger partial charge on any atom is 0.0798 e. The first kappa shape index (κ1) is 10.1. The molecule has 1 aromatic rings. The molecule has 14 heavy (non-hydrogen) atoms. The standard InChI is InChI=1S/C10H16N2OS/c1-8-10(14-7-12-8)6-11-5-9-3-2-4-13-9/h7,9,11H,2-6H2,1H3. The van der Waals surface area contributed by atoms with Crippen LogP contribution in [0.15, 0.2) is 5.51 Å². The van der Waals surface area contributed by atoms with Gasteiger partial charge in [-0.2, -0.15) is 0 Å². The second-order valence-electron chi connectivity index (χ2n) is 3.63. The van der Waals surface area contributed by atoms with Gasteiger partial charge < -0.3 is 10.1 Å². The van der Waals surface area contributed by atoms with Crippen molar-refractivity contribution in [3.05, 3.63) is 16.1 Å². The molecule has 1 aliphatic heterocycles. The summed E-state index contributed by atoms with van der Waals surface area (Å²) in [4.78, 5) is 5.55. The fourth-order valence-electron chi connectivity index (χ4n) is 1.65. The first-order chi connectivity index (χ1) is 6.86. The van der Waals surface area contributed by atoms with E-state index in [1.165, 1.54) is 17.7 Å². The number of nitrogens with zero attached hydrogens (tertiary/aromatic N) is 1. The number of rotatable bonds is 4. The van der Waals surface area contributed by atoms with Crippen molar-refractivity contribution in [2.24, 2.45) is 0 Å². The number of thiazole rings is 1.